The molecule has 21 heavy (non-hydrogen) atoms. The third-order valence-corrected chi connectivity index (χ3v) is 3.58. The molecular weight excluding hydrogens is 272 g/mol. The number of hydrogen-bond acceptors (Lipinski definition) is 6. The minimum atomic E-state index is -0.224. The molecule has 1 aliphatic rings. The summed E-state index contributed by atoms with van der Waals surface area (Å²) in [7, 11) is 0. The Morgan fingerprint density at radius 3 is 3.14 bits per heavy atom. The summed E-state index contributed by atoms with van der Waals surface area (Å²) in [4.78, 5) is 21.0. The Morgan fingerprint density at radius 1 is 1.33 bits per heavy atom. The van der Waals surface area contributed by atoms with Crippen molar-refractivity contribution < 1.29 is 9.26 Å². The second-order valence-corrected chi connectivity index (χ2v) is 4.92. The van der Waals surface area contributed by atoms with Crippen molar-refractivity contribution in [2.24, 2.45) is 0 Å². The normalized spacial score (nSPS) is 18.4. The van der Waals surface area contributed by atoms with Crippen LogP contribution in [0.15, 0.2) is 39.9 Å². The maximum absolute atomic E-state index is 12.4. The van der Waals surface area contributed by atoms with Crippen molar-refractivity contribution in [1.82, 2.24) is 19.5 Å². The molecule has 0 aromatic carbocycles. The van der Waals surface area contributed by atoms with Crippen LogP contribution in [-0.4, -0.2) is 32.7 Å². The van der Waals surface area contributed by atoms with Crippen LogP contribution in [0, 0.1) is 0 Å². The summed E-state index contributed by atoms with van der Waals surface area (Å²) in [6.45, 7) is 1.29. The van der Waals surface area contributed by atoms with Crippen molar-refractivity contribution in [3.63, 3.8) is 0 Å². The minimum Gasteiger partial charge on any atom is -0.381 e. The molecule has 0 radical (unpaired) electrons. The van der Waals surface area contributed by atoms with Gasteiger partial charge in [0.15, 0.2) is 5.82 Å². The first-order valence-electron chi connectivity index (χ1n) is 6.71. The van der Waals surface area contributed by atoms with Crippen molar-refractivity contribution in [1.29, 1.82) is 0 Å². The lowest BCUT2D eigenvalue weighted by molar-refractivity contribution is 0.192. The molecule has 0 bridgehead atoms. The van der Waals surface area contributed by atoms with Crippen molar-refractivity contribution in [3.05, 3.63) is 46.8 Å². The van der Waals surface area contributed by atoms with Gasteiger partial charge < -0.3 is 9.26 Å². The average Bonchev–Trinajstić information content (AvgIpc) is 3.19. The molecule has 3 aromatic rings. The Morgan fingerprint density at radius 2 is 2.29 bits per heavy atom. The highest BCUT2D eigenvalue weighted by molar-refractivity contribution is 5.53. The van der Waals surface area contributed by atoms with Crippen LogP contribution in [0.25, 0.3) is 17.1 Å². The van der Waals surface area contributed by atoms with E-state index < -0.39 is 0 Å². The highest BCUT2D eigenvalue weighted by Gasteiger charge is 2.24. The smallest absolute Gasteiger partial charge is 0.270 e. The van der Waals surface area contributed by atoms with E-state index in [-0.39, 0.29) is 17.4 Å². The first-order chi connectivity index (χ1) is 10.3. The van der Waals surface area contributed by atoms with E-state index >= 15 is 0 Å². The molecule has 1 aliphatic heterocycles. The fourth-order valence-corrected chi connectivity index (χ4v) is 2.42. The number of hydrogen-bond donors (Lipinski definition) is 0. The fourth-order valence-electron chi connectivity index (χ4n) is 2.42. The molecule has 0 spiro atoms. The predicted octanol–water partition coefficient (Wildman–Crippen LogP) is 1.25. The van der Waals surface area contributed by atoms with Gasteiger partial charge in [-0.05, 0) is 18.6 Å². The highest BCUT2D eigenvalue weighted by Crippen LogP contribution is 2.24. The second kappa shape index (κ2) is 4.78. The van der Waals surface area contributed by atoms with Crippen LogP contribution in [0.2, 0.25) is 0 Å². The van der Waals surface area contributed by atoms with Gasteiger partial charge >= 0.3 is 0 Å². The summed E-state index contributed by atoms with van der Waals surface area (Å²) in [6, 6.07) is 5.36. The summed E-state index contributed by atoms with van der Waals surface area (Å²) in [5, 5.41) is 3.95. The molecule has 4 rings (SSSR count). The van der Waals surface area contributed by atoms with Crippen LogP contribution in [0.1, 0.15) is 18.2 Å². The number of rotatable bonds is 2. The van der Waals surface area contributed by atoms with E-state index in [0.717, 1.165) is 6.42 Å². The lowest BCUT2D eigenvalue weighted by atomic mass is 10.1. The third kappa shape index (κ3) is 2.02. The Labute approximate surface area is 119 Å². The molecule has 0 amide bonds. The van der Waals surface area contributed by atoms with E-state index in [2.05, 4.69) is 15.1 Å². The van der Waals surface area contributed by atoms with Crippen LogP contribution < -0.4 is 5.56 Å². The number of ether oxygens (including phenoxy) is 1. The summed E-state index contributed by atoms with van der Waals surface area (Å²) < 4.78 is 12.0. The summed E-state index contributed by atoms with van der Waals surface area (Å²) in [5.74, 6) is 0.923. The van der Waals surface area contributed by atoms with Crippen molar-refractivity contribution in [3.8, 4) is 11.5 Å². The number of nitrogens with zero attached hydrogens (tertiary/aromatic N) is 4. The molecule has 1 saturated heterocycles. The van der Waals surface area contributed by atoms with Crippen LogP contribution in [0.5, 0.6) is 0 Å². The number of pyridine rings is 1. The van der Waals surface area contributed by atoms with Gasteiger partial charge in [0.1, 0.15) is 11.2 Å². The van der Waals surface area contributed by atoms with Gasteiger partial charge in [0.05, 0.1) is 6.61 Å². The zero-order valence-electron chi connectivity index (χ0n) is 11.1. The van der Waals surface area contributed by atoms with Crippen molar-refractivity contribution in [2.75, 3.05) is 13.2 Å². The van der Waals surface area contributed by atoms with E-state index in [1.165, 1.54) is 10.6 Å². The zero-order chi connectivity index (χ0) is 14.2. The van der Waals surface area contributed by atoms with E-state index in [4.69, 9.17) is 9.26 Å². The van der Waals surface area contributed by atoms with Crippen LogP contribution in [-0.2, 0) is 4.74 Å². The van der Waals surface area contributed by atoms with Crippen LogP contribution >= 0.6 is 0 Å². The predicted molar refractivity (Wildman–Crippen MR) is 72.9 cm³/mol. The molecule has 1 atom stereocenters. The van der Waals surface area contributed by atoms with E-state index in [9.17, 15) is 4.79 Å². The quantitative estimate of drug-likeness (QED) is 0.704. The van der Waals surface area contributed by atoms with E-state index in [1.54, 1.807) is 18.3 Å². The molecule has 0 aliphatic carbocycles. The Bertz CT molecular complexity index is 849. The van der Waals surface area contributed by atoms with Gasteiger partial charge in [-0.15, -0.1) is 0 Å². The molecular formula is C14H12N4O3. The van der Waals surface area contributed by atoms with Crippen molar-refractivity contribution in [2.45, 2.75) is 12.3 Å². The first kappa shape index (κ1) is 12.2. The average molecular weight is 284 g/mol. The lowest BCUT2D eigenvalue weighted by Gasteiger charge is -2.00. The minimum absolute atomic E-state index is 0.138. The third-order valence-electron chi connectivity index (χ3n) is 3.58. The fraction of sp³-hybridized carbons (Fsp3) is 0.286. The Hall–Kier alpha value is -2.54. The van der Waals surface area contributed by atoms with Gasteiger partial charge in [-0.25, -0.2) is 4.98 Å². The molecule has 4 heterocycles. The monoisotopic (exact) mass is 284 g/mol. The van der Waals surface area contributed by atoms with E-state index in [0.29, 0.717) is 30.2 Å². The summed E-state index contributed by atoms with van der Waals surface area (Å²) in [5.41, 5.74) is 0.657. The standard InChI is InChI=1S/C14H12N4O3/c19-14-10(7-15-11-3-1-2-5-18(11)14)13-16-12(17-21-13)9-4-6-20-8-9/h1-3,5,7,9H,4,6,8H2/t9-/m0/s1. The lowest BCUT2D eigenvalue weighted by Crippen LogP contribution is -2.16. The molecule has 0 saturated carbocycles. The SMILES string of the molecule is O=c1c(-c2nc([C@H]3CCOC3)no2)cnc2ccccn12. The Kier molecular flexibility index (Phi) is 2.78. The molecule has 3 aromatic heterocycles. The highest BCUT2D eigenvalue weighted by atomic mass is 16.5. The molecule has 1 fully saturated rings. The van der Waals surface area contributed by atoms with E-state index in [1.807, 2.05) is 6.07 Å². The maximum Gasteiger partial charge on any atom is 0.270 e. The molecule has 7 nitrogen and oxygen atoms in total. The van der Waals surface area contributed by atoms with Gasteiger partial charge in [0.25, 0.3) is 11.4 Å². The van der Waals surface area contributed by atoms with Crippen molar-refractivity contribution >= 4 is 5.65 Å². The van der Waals surface area contributed by atoms with Crippen LogP contribution in [0.4, 0.5) is 0 Å². The topological polar surface area (TPSA) is 82.5 Å². The Balaban J connectivity index is 1.79. The van der Waals surface area contributed by atoms with Gasteiger partial charge in [-0.3, -0.25) is 9.20 Å². The largest absolute Gasteiger partial charge is 0.381 e. The summed E-state index contributed by atoms with van der Waals surface area (Å²) >= 11 is 0. The van der Waals surface area contributed by atoms with Gasteiger partial charge in [-0.1, -0.05) is 11.2 Å². The van der Waals surface area contributed by atoms with Gasteiger partial charge in [0.2, 0.25) is 0 Å². The molecule has 0 unspecified atom stereocenters. The number of aromatic nitrogens is 4. The van der Waals surface area contributed by atoms with Gasteiger partial charge in [-0.2, -0.15) is 4.98 Å². The number of fused-ring (bicyclic) bond motifs is 1. The first-order valence-corrected chi connectivity index (χ1v) is 6.71. The molecule has 7 heteroatoms. The molecule has 106 valence electrons. The summed E-state index contributed by atoms with van der Waals surface area (Å²) in [6.07, 6.45) is 4.00. The van der Waals surface area contributed by atoms with Crippen LogP contribution in [0.3, 0.4) is 0 Å². The zero-order valence-corrected chi connectivity index (χ0v) is 11.1. The maximum atomic E-state index is 12.4. The molecule has 0 N–H and O–H groups in total. The second-order valence-electron chi connectivity index (χ2n) is 4.92. The van der Waals surface area contributed by atoms with Gasteiger partial charge in [0, 0.05) is 24.9 Å².